The maximum Gasteiger partial charge on any atom is 0.353 e. The minimum absolute atomic E-state index is 0.0269. The second-order valence-corrected chi connectivity index (χ2v) is 9.17. The average Bonchev–Trinajstić information content (AvgIpc) is 3.54. The van der Waals surface area contributed by atoms with E-state index in [0.717, 1.165) is 36.7 Å². The van der Waals surface area contributed by atoms with Crippen LogP contribution in [0.5, 0.6) is 11.5 Å². The van der Waals surface area contributed by atoms with Crippen molar-refractivity contribution in [3.05, 3.63) is 40.2 Å². The molecule has 0 saturated carbocycles. The number of ether oxygens (including phenoxy) is 4. The van der Waals surface area contributed by atoms with Crippen molar-refractivity contribution >= 4 is 17.3 Å². The smallest absolute Gasteiger partial charge is 0.353 e. The quantitative estimate of drug-likeness (QED) is 0.457. The number of hydrogen-bond donors (Lipinski definition) is 0. The van der Waals surface area contributed by atoms with Gasteiger partial charge in [-0.25, -0.2) is 9.97 Å². The van der Waals surface area contributed by atoms with Gasteiger partial charge in [-0.1, -0.05) is 6.07 Å². The largest absolute Gasteiger partial charge is 0.454 e. The van der Waals surface area contributed by atoms with Gasteiger partial charge >= 0.3 is 5.69 Å². The molecule has 3 saturated heterocycles. The van der Waals surface area contributed by atoms with Crippen LogP contribution in [0, 0.1) is 10.1 Å². The predicted octanol–water partition coefficient (Wildman–Crippen LogP) is 1.78. The zero-order valence-corrected chi connectivity index (χ0v) is 19.4. The van der Waals surface area contributed by atoms with Gasteiger partial charge in [-0.3, -0.25) is 15.0 Å². The number of piperidine rings is 1. The highest BCUT2D eigenvalue weighted by molar-refractivity contribution is 5.71. The van der Waals surface area contributed by atoms with E-state index < -0.39 is 5.79 Å². The number of hydrogen-bond acceptors (Lipinski definition) is 11. The summed E-state index contributed by atoms with van der Waals surface area (Å²) in [5, 5.41) is 12.2. The molecule has 0 atom stereocenters. The highest BCUT2D eigenvalue weighted by Crippen LogP contribution is 2.39. The molecular formula is C23H28N6O6. The van der Waals surface area contributed by atoms with Crippen LogP contribution in [0.15, 0.2) is 24.5 Å². The molecule has 2 aromatic rings. The number of benzene rings is 1. The van der Waals surface area contributed by atoms with E-state index in [2.05, 4.69) is 14.9 Å². The van der Waals surface area contributed by atoms with Crippen LogP contribution in [0.1, 0.15) is 18.4 Å². The Hall–Kier alpha value is -3.22. The Labute approximate surface area is 202 Å². The van der Waals surface area contributed by atoms with Crippen LogP contribution >= 0.6 is 0 Å². The third kappa shape index (κ3) is 4.32. The lowest BCUT2D eigenvalue weighted by Crippen LogP contribution is -2.47. The Morgan fingerprint density at radius 1 is 0.914 bits per heavy atom. The van der Waals surface area contributed by atoms with Crippen molar-refractivity contribution in [2.24, 2.45) is 0 Å². The Morgan fingerprint density at radius 2 is 1.57 bits per heavy atom. The van der Waals surface area contributed by atoms with Gasteiger partial charge in [0.05, 0.1) is 18.1 Å². The van der Waals surface area contributed by atoms with Gasteiger partial charge in [-0.15, -0.1) is 0 Å². The first-order chi connectivity index (χ1) is 17.1. The van der Waals surface area contributed by atoms with Crippen molar-refractivity contribution in [2.45, 2.75) is 25.2 Å². The minimum Gasteiger partial charge on any atom is -0.454 e. The second kappa shape index (κ2) is 9.10. The van der Waals surface area contributed by atoms with Gasteiger partial charge in [0.1, 0.15) is 6.33 Å². The van der Waals surface area contributed by atoms with Gasteiger partial charge in [-0.2, -0.15) is 0 Å². The molecule has 35 heavy (non-hydrogen) atoms. The van der Waals surface area contributed by atoms with Gasteiger partial charge in [0.15, 0.2) is 17.3 Å². The van der Waals surface area contributed by atoms with Crippen LogP contribution < -0.4 is 19.3 Å². The first-order valence-electron chi connectivity index (χ1n) is 12.0. The van der Waals surface area contributed by atoms with Crippen molar-refractivity contribution in [2.75, 3.05) is 69.1 Å². The lowest BCUT2D eigenvalue weighted by molar-refractivity contribution is -0.383. The summed E-state index contributed by atoms with van der Waals surface area (Å²) in [6.45, 7) is 6.23. The first kappa shape index (κ1) is 22.3. The highest BCUT2D eigenvalue weighted by Gasteiger charge is 2.42. The molecule has 6 rings (SSSR count). The zero-order valence-electron chi connectivity index (χ0n) is 19.4. The molecule has 0 unspecified atom stereocenters. The molecule has 1 aromatic carbocycles. The van der Waals surface area contributed by atoms with E-state index >= 15 is 0 Å². The summed E-state index contributed by atoms with van der Waals surface area (Å²) in [6, 6.07) is 6.00. The van der Waals surface area contributed by atoms with Gasteiger partial charge in [0.2, 0.25) is 18.4 Å². The molecule has 186 valence electrons. The van der Waals surface area contributed by atoms with Gasteiger partial charge in [0, 0.05) is 58.7 Å². The molecule has 3 fully saturated rings. The van der Waals surface area contributed by atoms with E-state index in [1.165, 1.54) is 6.33 Å². The van der Waals surface area contributed by atoms with Crippen LogP contribution in [0.3, 0.4) is 0 Å². The number of piperazine rings is 1. The minimum atomic E-state index is -0.546. The van der Waals surface area contributed by atoms with E-state index in [9.17, 15) is 10.1 Å². The first-order valence-corrected chi connectivity index (χ1v) is 12.0. The van der Waals surface area contributed by atoms with Crippen molar-refractivity contribution in [1.29, 1.82) is 0 Å². The monoisotopic (exact) mass is 484 g/mol. The summed E-state index contributed by atoms with van der Waals surface area (Å²) in [7, 11) is 0. The van der Waals surface area contributed by atoms with Crippen molar-refractivity contribution in [3.63, 3.8) is 0 Å². The molecule has 0 bridgehead atoms. The molecule has 0 radical (unpaired) electrons. The summed E-state index contributed by atoms with van der Waals surface area (Å²) in [4.78, 5) is 26.8. The van der Waals surface area contributed by atoms with E-state index in [0.29, 0.717) is 63.9 Å². The summed E-state index contributed by atoms with van der Waals surface area (Å²) in [5.74, 6) is 1.76. The summed E-state index contributed by atoms with van der Waals surface area (Å²) < 4.78 is 22.5. The van der Waals surface area contributed by atoms with Crippen molar-refractivity contribution in [3.8, 4) is 11.5 Å². The predicted molar refractivity (Wildman–Crippen MR) is 125 cm³/mol. The lowest BCUT2D eigenvalue weighted by atomic mass is 10.0. The molecule has 12 nitrogen and oxygen atoms in total. The molecule has 4 aliphatic rings. The van der Waals surface area contributed by atoms with Crippen molar-refractivity contribution < 1.29 is 23.9 Å². The third-order valence-corrected chi connectivity index (χ3v) is 7.12. The molecule has 0 N–H and O–H groups in total. The maximum atomic E-state index is 12.2. The normalized spacial score (nSPS) is 21.6. The topological polar surface area (TPSA) is 116 Å². The molecular weight excluding hydrogens is 456 g/mol. The van der Waals surface area contributed by atoms with Crippen LogP contribution in [0.25, 0.3) is 0 Å². The van der Waals surface area contributed by atoms with E-state index in [1.807, 2.05) is 28.0 Å². The number of aromatic nitrogens is 2. The van der Waals surface area contributed by atoms with Gasteiger partial charge < -0.3 is 28.7 Å². The number of rotatable bonds is 5. The van der Waals surface area contributed by atoms with Crippen LogP contribution in [-0.4, -0.2) is 84.9 Å². The van der Waals surface area contributed by atoms with E-state index in [1.54, 1.807) is 0 Å². The van der Waals surface area contributed by atoms with E-state index in [-0.39, 0.29) is 17.4 Å². The fraction of sp³-hybridized carbons (Fsp3) is 0.565. The molecule has 4 aliphatic heterocycles. The average molecular weight is 485 g/mol. The Balaban J connectivity index is 1.14. The molecule has 0 amide bonds. The Morgan fingerprint density at radius 3 is 2.26 bits per heavy atom. The summed E-state index contributed by atoms with van der Waals surface area (Å²) >= 11 is 0. The highest BCUT2D eigenvalue weighted by atomic mass is 16.7. The molecule has 1 spiro atoms. The van der Waals surface area contributed by atoms with Gasteiger partial charge in [0.25, 0.3) is 0 Å². The second-order valence-electron chi connectivity index (χ2n) is 9.17. The van der Waals surface area contributed by atoms with Crippen molar-refractivity contribution in [1.82, 2.24) is 14.9 Å². The number of anilines is 2. The molecule has 0 aliphatic carbocycles. The summed E-state index contributed by atoms with van der Waals surface area (Å²) in [5.41, 5.74) is 1.12. The van der Waals surface area contributed by atoms with Crippen LogP contribution in [-0.2, 0) is 16.0 Å². The SMILES string of the molecule is O=[N+]([O-])c1c(N2CCN(Cc3ccc4c(c3)OCO4)CC2)ncnc1N1CCC2(CC1)OCCO2. The lowest BCUT2D eigenvalue weighted by Gasteiger charge is -2.38. The number of nitro groups is 1. The molecule has 12 heteroatoms. The summed E-state index contributed by atoms with van der Waals surface area (Å²) in [6.07, 6.45) is 2.74. The number of nitrogens with zero attached hydrogens (tertiary/aromatic N) is 6. The van der Waals surface area contributed by atoms with Crippen LogP contribution in [0.4, 0.5) is 17.3 Å². The van der Waals surface area contributed by atoms with Gasteiger partial charge in [-0.05, 0) is 17.7 Å². The number of fused-ring (bicyclic) bond motifs is 1. The van der Waals surface area contributed by atoms with Crippen LogP contribution in [0.2, 0.25) is 0 Å². The zero-order chi connectivity index (χ0) is 23.8. The molecule has 1 aromatic heterocycles. The Kier molecular flexibility index (Phi) is 5.78. The fourth-order valence-electron chi connectivity index (χ4n) is 5.25. The molecule has 5 heterocycles. The Bertz CT molecular complexity index is 1090. The maximum absolute atomic E-state index is 12.2. The van der Waals surface area contributed by atoms with E-state index in [4.69, 9.17) is 18.9 Å². The fourth-order valence-corrected chi connectivity index (χ4v) is 5.25. The third-order valence-electron chi connectivity index (χ3n) is 7.12. The standard InChI is InChI=1S/C23H28N6O6/c30-29(31)20-21(27-5-3-23(4-6-27)34-11-12-35-23)24-15-25-22(20)28-9-7-26(8-10-28)14-17-1-2-18-19(13-17)33-16-32-18/h1-2,13,15H,3-12,14,16H2.